The summed E-state index contributed by atoms with van der Waals surface area (Å²) >= 11 is 1.25. The molecule has 160 valence electrons. The first kappa shape index (κ1) is 22.0. The number of rotatable bonds is 9. The molecule has 1 aliphatic rings. The fourth-order valence-corrected chi connectivity index (χ4v) is 4.28. The number of ether oxygens (including phenoxy) is 1. The number of carbonyl (C=O) groups is 2. The third-order valence-electron chi connectivity index (χ3n) is 4.76. The van der Waals surface area contributed by atoms with Crippen LogP contribution in [0, 0.1) is 0 Å². The van der Waals surface area contributed by atoms with E-state index in [9.17, 15) is 14.4 Å². The number of benzene rings is 1. The number of hydrogen-bond acceptors (Lipinski definition) is 7. The van der Waals surface area contributed by atoms with Gasteiger partial charge in [0.05, 0.1) is 17.9 Å². The number of aromatic nitrogens is 2. The highest BCUT2D eigenvalue weighted by Crippen LogP contribution is 2.29. The molecule has 3 rings (SSSR count). The van der Waals surface area contributed by atoms with Gasteiger partial charge in [0.1, 0.15) is 5.03 Å². The molecule has 1 heterocycles. The van der Waals surface area contributed by atoms with E-state index in [0.29, 0.717) is 35.8 Å². The fourth-order valence-electron chi connectivity index (χ4n) is 3.40. The van der Waals surface area contributed by atoms with Crippen LogP contribution in [0.25, 0.3) is 0 Å². The smallest absolute Gasteiger partial charge is 0.348 e. The van der Waals surface area contributed by atoms with Crippen LogP contribution in [0.4, 0.5) is 5.69 Å². The van der Waals surface area contributed by atoms with Crippen LogP contribution in [0.5, 0.6) is 0 Å². The highest BCUT2D eigenvalue weighted by molar-refractivity contribution is 8.00. The molecule has 1 aliphatic carbocycles. The molecule has 0 bridgehead atoms. The second kappa shape index (κ2) is 10.4. The molecular weight excluding hydrogens is 406 g/mol. The average Bonchev–Trinajstić information content (AvgIpc) is 3.22. The van der Waals surface area contributed by atoms with Crippen molar-refractivity contribution in [3.63, 3.8) is 0 Å². The monoisotopic (exact) mass is 431 g/mol. The molecule has 8 nitrogen and oxygen atoms in total. The van der Waals surface area contributed by atoms with Crippen LogP contribution in [0.15, 0.2) is 34.1 Å². The second-order valence-corrected chi connectivity index (χ2v) is 7.81. The maximum Gasteiger partial charge on any atom is 0.348 e. The summed E-state index contributed by atoms with van der Waals surface area (Å²) in [7, 11) is 0. The van der Waals surface area contributed by atoms with Gasteiger partial charge in [-0.15, -0.1) is 0 Å². The van der Waals surface area contributed by atoms with Crippen LogP contribution in [-0.2, 0) is 28.9 Å². The van der Waals surface area contributed by atoms with Crippen molar-refractivity contribution in [2.45, 2.75) is 44.2 Å². The van der Waals surface area contributed by atoms with Gasteiger partial charge in [-0.25, -0.2) is 9.59 Å². The fraction of sp³-hybridized carbons (Fsp3) is 0.429. The van der Waals surface area contributed by atoms with E-state index in [4.69, 9.17) is 9.84 Å². The molecule has 0 spiro atoms. The summed E-state index contributed by atoms with van der Waals surface area (Å²) < 4.78 is 6.58. The van der Waals surface area contributed by atoms with Gasteiger partial charge < -0.3 is 15.2 Å². The molecule has 1 aromatic carbocycles. The molecule has 0 unspecified atom stereocenters. The highest BCUT2D eigenvalue weighted by atomic mass is 32.2. The van der Waals surface area contributed by atoms with Gasteiger partial charge in [0, 0.05) is 30.1 Å². The van der Waals surface area contributed by atoms with Crippen molar-refractivity contribution in [1.82, 2.24) is 9.55 Å². The number of aliphatic hydroxyl groups is 1. The zero-order chi connectivity index (χ0) is 21.5. The lowest BCUT2D eigenvalue weighted by atomic mass is 10.2. The number of carbonyl (C=O) groups excluding carboxylic acids is 2. The number of fused-ring (bicyclic) bond motifs is 1. The van der Waals surface area contributed by atoms with Gasteiger partial charge in [-0.2, -0.15) is 4.98 Å². The summed E-state index contributed by atoms with van der Waals surface area (Å²) in [6.07, 6.45) is 3.11. The van der Waals surface area contributed by atoms with E-state index >= 15 is 0 Å². The van der Waals surface area contributed by atoms with E-state index in [1.807, 2.05) is 0 Å². The van der Waals surface area contributed by atoms with Crippen molar-refractivity contribution in [2.75, 3.05) is 24.3 Å². The molecule has 2 N–H and O–H groups in total. The molecule has 0 fully saturated rings. The van der Waals surface area contributed by atoms with Crippen LogP contribution < -0.4 is 11.0 Å². The average molecular weight is 432 g/mol. The Morgan fingerprint density at radius 3 is 2.73 bits per heavy atom. The van der Waals surface area contributed by atoms with Crippen LogP contribution in [0.3, 0.4) is 0 Å². The number of nitrogens with zero attached hydrogens (tertiary/aromatic N) is 2. The van der Waals surface area contributed by atoms with Crippen LogP contribution in [-0.4, -0.2) is 45.5 Å². The van der Waals surface area contributed by atoms with Crippen molar-refractivity contribution < 1.29 is 19.4 Å². The maximum atomic E-state index is 12.4. The molecular formula is C21H25N3O5S. The minimum Gasteiger partial charge on any atom is -0.462 e. The summed E-state index contributed by atoms with van der Waals surface area (Å²) in [5.74, 6) is -0.499. The highest BCUT2D eigenvalue weighted by Gasteiger charge is 2.22. The number of aliphatic hydroxyl groups excluding tert-OH is 1. The summed E-state index contributed by atoms with van der Waals surface area (Å²) in [4.78, 5) is 40.6. The van der Waals surface area contributed by atoms with Crippen molar-refractivity contribution in [3.8, 4) is 0 Å². The molecule has 1 aromatic heterocycles. The van der Waals surface area contributed by atoms with E-state index in [1.165, 1.54) is 11.8 Å². The Balaban J connectivity index is 1.62. The molecule has 0 saturated heterocycles. The zero-order valence-corrected chi connectivity index (χ0v) is 17.7. The minimum absolute atomic E-state index is 0.0264. The van der Waals surface area contributed by atoms with Gasteiger partial charge in [0.25, 0.3) is 0 Å². The van der Waals surface area contributed by atoms with Crippen molar-refractivity contribution >= 4 is 29.3 Å². The molecule has 0 atom stereocenters. The molecule has 0 radical (unpaired) electrons. The summed E-state index contributed by atoms with van der Waals surface area (Å²) in [6, 6.07) is 6.49. The summed E-state index contributed by atoms with van der Waals surface area (Å²) in [5, 5.41) is 12.4. The van der Waals surface area contributed by atoms with Gasteiger partial charge in [0.2, 0.25) is 5.91 Å². The Morgan fingerprint density at radius 2 is 2.03 bits per heavy atom. The summed E-state index contributed by atoms with van der Waals surface area (Å²) in [6.45, 7) is 2.53. The van der Waals surface area contributed by atoms with Gasteiger partial charge in [0.15, 0.2) is 0 Å². The van der Waals surface area contributed by atoms with Crippen molar-refractivity contribution in [1.29, 1.82) is 0 Å². The number of esters is 1. The van der Waals surface area contributed by atoms with Crippen molar-refractivity contribution in [3.05, 3.63) is 51.6 Å². The number of anilines is 1. The van der Waals surface area contributed by atoms with E-state index in [-0.39, 0.29) is 24.0 Å². The SMILES string of the molecule is CCOC(=O)c1ccc(NC(=O)CSc2nc(=O)n(CCCO)c3c2CCC3)cc1. The first-order valence-corrected chi connectivity index (χ1v) is 10.9. The molecule has 30 heavy (non-hydrogen) atoms. The van der Waals surface area contributed by atoms with Crippen molar-refractivity contribution in [2.24, 2.45) is 0 Å². The number of thioether (sulfide) groups is 1. The largest absolute Gasteiger partial charge is 0.462 e. The van der Waals surface area contributed by atoms with E-state index in [2.05, 4.69) is 10.3 Å². The Labute approximate surface area is 178 Å². The predicted octanol–water partition coefficient (Wildman–Crippen LogP) is 2.02. The lowest BCUT2D eigenvalue weighted by Gasteiger charge is -2.13. The Bertz CT molecular complexity index is 972. The van der Waals surface area contributed by atoms with Gasteiger partial charge in [-0.1, -0.05) is 11.8 Å². The van der Waals surface area contributed by atoms with Crippen LogP contribution in [0.2, 0.25) is 0 Å². The van der Waals surface area contributed by atoms with E-state index in [1.54, 1.807) is 35.8 Å². The number of nitrogens with one attached hydrogen (secondary N) is 1. The van der Waals surface area contributed by atoms with Gasteiger partial charge >= 0.3 is 11.7 Å². The lowest BCUT2D eigenvalue weighted by molar-refractivity contribution is -0.113. The third-order valence-corrected chi connectivity index (χ3v) is 5.78. The zero-order valence-electron chi connectivity index (χ0n) is 16.8. The molecule has 1 amide bonds. The van der Waals surface area contributed by atoms with Gasteiger partial charge in [-0.3, -0.25) is 9.36 Å². The molecule has 2 aromatic rings. The van der Waals surface area contributed by atoms with Crippen LogP contribution >= 0.6 is 11.8 Å². The van der Waals surface area contributed by atoms with E-state index < -0.39 is 5.97 Å². The Hall–Kier alpha value is -2.65. The van der Waals surface area contributed by atoms with Gasteiger partial charge in [-0.05, 0) is 56.9 Å². The maximum absolute atomic E-state index is 12.4. The quantitative estimate of drug-likeness (QED) is 0.355. The topological polar surface area (TPSA) is 111 Å². The Morgan fingerprint density at radius 1 is 1.27 bits per heavy atom. The molecule has 0 aliphatic heterocycles. The predicted molar refractivity (Wildman–Crippen MR) is 114 cm³/mol. The molecule has 9 heteroatoms. The van der Waals surface area contributed by atoms with E-state index in [0.717, 1.165) is 30.5 Å². The summed E-state index contributed by atoms with van der Waals surface area (Å²) in [5.41, 5.74) is 2.67. The normalized spacial score (nSPS) is 12.5. The first-order chi connectivity index (χ1) is 14.5. The first-order valence-electron chi connectivity index (χ1n) is 9.96. The van der Waals surface area contributed by atoms with Crippen LogP contribution in [0.1, 0.15) is 41.4 Å². The lowest BCUT2D eigenvalue weighted by Crippen LogP contribution is -2.28. The number of hydrogen-bond donors (Lipinski definition) is 2. The minimum atomic E-state index is -0.403. The molecule has 0 saturated carbocycles. The number of amides is 1. The third kappa shape index (κ3) is 5.28. The second-order valence-electron chi connectivity index (χ2n) is 6.84. The Kier molecular flexibility index (Phi) is 7.64. The standard InChI is InChI=1S/C21H25N3O5S/c1-2-29-20(27)14-7-9-15(10-8-14)22-18(26)13-30-19-16-5-3-6-17(16)24(11-4-12-25)21(28)23-19/h7-10,25H,2-6,11-13H2,1H3,(H,22,26).